The average molecular weight is 277 g/mol. The minimum absolute atomic E-state index is 0.0202. The number of hydrogen-bond acceptors (Lipinski definition) is 3. The van der Waals surface area contributed by atoms with E-state index in [1.807, 2.05) is 31.2 Å². The third-order valence-electron chi connectivity index (χ3n) is 2.87. The first-order chi connectivity index (χ1) is 9.67. The molecule has 20 heavy (non-hydrogen) atoms. The van der Waals surface area contributed by atoms with Crippen molar-refractivity contribution in [1.82, 2.24) is 4.90 Å². The van der Waals surface area contributed by atoms with Crippen molar-refractivity contribution in [2.45, 2.75) is 19.8 Å². The second-order valence-electron chi connectivity index (χ2n) is 4.62. The van der Waals surface area contributed by atoms with E-state index in [2.05, 4.69) is 6.58 Å². The minimum Gasteiger partial charge on any atom is -0.494 e. The summed E-state index contributed by atoms with van der Waals surface area (Å²) in [6.07, 6.45) is 2.74. The van der Waals surface area contributed by atoms with Crippen molar-refractivity contribution in [1.29, 1.82) is 0 Å². The molecule has 0 atom stereocenters. The summed E-state index contributed by atoms with van der Waals surface area (Å²) < 4.78 is 5.60. The Labute approximate surface area is 120 Å². The van der Waals surface area contributed by atoms with Crippen LogP contribution >= 0.6 is 0 Å². The molecule has 0 aliphatic carbocycles. The van der Waals surface area contributed by atoms with Gasteiger partial charge < -0.3 is 14.7 Å². The molecule has 0 saturated heterocycles. The number of aliphatic hydroxyl groups excluding tert-OH is 1. The molecule has 0 fully saturated rings. The van der Waals surface area contributed by atoms with E-state index in [-0.39, 0.29) is 12.5 Å². The molecule has 1 amide bonds. The van der Waals surface area contributed by atoms with E-state index < -0.39 is 0 Å². The molecule has 110 valence electrons. The maximum absolute atomic E-state index is 11.9. The third kappa shape index (κ3) is 5.89. The molecule has 0 aromatic heterocycles. The van der Waals surface area contributed by atoms with Crippen LogP contribution in [0.2, 0.25) is 0 Å². The molecule has 0 spiro atoms. The third-order valence-corrected chi connectivity index (χ3v) is 2.87. The largest absolute Gasteiger partial charge is 0.494 e. The molecule has 4 nitrogen and oxygen atoms in total. The summed E-state index contributed by atoms with van der Waals surface area (Å²) in [5, 5.41) is 8.91. The zero-order valence-electron chi connectivity index (χ0n) is 12.0. The number of carbonyl (C=O) groups is 1. The first-order valence-corrected chi connectivity index (χ1v) is 6.86. The van der Waals surface area contributed by atoms with Crippen LogP contribution in [0.15, 0.2) is 36.9 Å². The highest BCUT2D eigenvalue weighted by molar-refractivity contribution is 5.76. The maximum Gasteiger partial charge on any atom is 0.223 e. The molecular formula is C16H23NO3. The van der Waals surface area contributed by atoms with Gasteiger partial charge in [0, 0.05) is 19.5 Å². The van der Waals surface area contributed by atoms with Gasteiger partial charge in [0.1, 0.15) is 5.75 Å². The van der Waals surface area contributed by atoms with Gasteiger partial charge in [-0.15, -0.1) is 6.58 Å². The highest BCUT2D eigenvalue weighted by Gasteiger charge is 2.10. The van der Waals surface area contributed by atoms with E-state index in [0.717, 1.165) is 11.3 Å². The summed E-state index contributed by atoms with van der Waals surface area (Å²) in [6, 6.07) is 7.84. The standard InChI is InChI=1S/C16H23NO3/c1-3-9-17(10-11-18)16(19)8-5-12-20-15-7-4-6-14(2)13-15/h3-4,6-7,13,18H,1,5,8-12H2,2H3. The Kier molecular flexibility index (Phi) is 7.43. The molecule has 0 heterocycles. The molecule has 4 heteroatoms. The molecule has 1 rings (SSSR count). The van der Waals surface area contributed by atoms with Crippen molar-refractivity contribution in [3.63, 3.8) is 0 Å². The minimum atomic E-state index is -0.0284. The average Bonchev–Trinajstić information content (AvgIpc) is 2.43. The lowest BCUT2D eigenvalue weighted by Crippen LogP contribution is -2.33. The smallest absolute Gasteiger partial charge is 0.223 e. The van der Waals surface area contributed by atoms with Crippen molar-refractivity contribution in [3.05, 3.63) is 42.5 Å². The van der Waals surface area contributed by atoms with E-state index in [0.29, 0.717) is 32.5 Å². The highest BCUT2D eigenvalue weighted by Crippen LogP contribution is 2.12. The van der Waals surface area contributed by atoms with Crippen LogP contribution in [0, 0.1) is 6.92 Å². The molecule has 0 bridgehead atoms. The SMILES string of the molecule is C=CCN(CCO)C(=O)CCCOc1cccc(C)c1. The molecule has 1 aromatic carbocycles. The summed E-state index contributed by atoms with van der Waals surface area (Å²) in [7, 11) is 0. The zero-order chi connectivity index (χ0) is 14.8. The van der Waals surface area contributed by atoms with Gasteiger partial charge >= 0.3 is 0 Å². The second kappa shape index (κ2) is 9.15. The lowest BCUT2D eigenvalue weighted by molar-refractivity contribution is -0.131. The fourth-order valence-corrected chi connectivity index (χ4v) is 1.87. The van der Waals surface area contributed by atoms with E-state index in [1.54, 1.807) is 11.0 Å². The summed E-state index contributed by atoms with van der Waals surface area (Å²) in [4.78, 5) is 13.5. The molecule has 0 unspecified atom stereocenters. The fourth-order valence-electron chi connectivity index (χ4n) is 1.87. The van der Waals surface area contributed by atoms with Crippen LogP contribution in [0.5, 0.6) is 5.75 Å². The number of ether oxygens (including phenoxy) is 1. The lowest BCUT2D eigenvalue weighted by atomic mass is 10.2. The fraction of sp³-hybridized carbons (Fsp3) is 0.438. The summed E-state index contributed by atoms with van der Waals surface area (Å²) in [5.74, 6) is 0.850. The number of benzene rings is 1. The van der Waals surface area contributed by atoms with Crippen LogP contribution in [-0.4, -0.2) is 42.2 Å². The quantitative estimate of drug-likeness (QED) is 0.556. The van der Waals surface area contributed by atoms with Crippen LogP contribution in [0.1, 0.15) is 18.4 Å². The van der Waals surface area contributed by atoms with Crippen molar-refractivity contribution < 1.29 is 14.6 Å². The molecule has 1 N–H and O–H groups in total. The topological polar surface area (TPSA) is 49.8 Å². The van der Waals surface area contributed by atoms with Crippen molar-refractivity contribution in [2.24, 2.45) is 0 Å². The summed E-state index contributed by atoms with van der Waals surface area (Å²) >= 11 is 0. The van der Waals surface area contributed by atoms with Gasteiger partial charge in [-0.25, -0.2) is 0 Å². The Bertz CT molecular complexity index is 431. The van der Waals surface area contributed by atoms with Gasteiger partial charge in [0.05, 0.1) is 13.2 Å². The Morgan fingerprint density at radius 3 is 2.95 bits per heavy atom. The maximum atomic E-state index is 11.9. The highest BCUT2D eigenvalue weighted by atomic mass is 16.5. The van der Waals surface area contributed by atoms with E-state index >= 15 is 0 Å². The van der Waals surface area contributed by atoms with Gasteiger partial charge in [0.15, 0.2) is 0 Å². The van der Waals surface area contributed by atoms with Gasteiger partial charge in [-0.1, -0.05) is 18.2 Å². The Morgan fingerprint density at radius 1 is 1.50 bits per heavy atom. The van der Waals surface area contributed by atoms with Crippen molar-refractivity contribution in [2.75, 3.05) is 26.3 Å². The normalized spacial score (nSPS) is 10.1. The van der Waals surface area contributed by atoms with Crippen LogP contribution in [0.4, 0.5) is 0 Å². The molecule has 0 radical (unpaired) electrons. The first-order valence-electron chi connectivity index (χ1n) is 6.86. The predicted molar refractivity (Wildman–Crippen MR) is 79.8 cm³/mol. The number of carbonyl (C=O) groups excluding carboxylic acids is 1. The first kappa shape index (κ1) is 16.2. The Hall–Kier alpha value is -1.81. The van der Waals surface area contributed by atoms with Gasteiger partial charge in [-0.2, -0.15) is 0 Å². The lowest BCUT2D eigenvalue weighted by Gasteiger charge is -2.19. The number of aryl methyl sites for hydroxylation is 1. The van der Waals surface area contributed by atoms with Crippen molar-refractivity contribution >= 4 is 5.91 Å². The molecular weight excluding hydrogens is 254 g/mol. The zero-order valence-corrected chi connectivity index (χ0v) is 12.0. The number of aliphatic hydroxyl groups is 1. The number of rotatable bonds is 9. The monoisotopic (exact) mass is 277 g/mol. The number of hydrogen-bond donors (Lipinski definition) is 1. The van der Waals surface area contributed by atoms with Gasteiger partial charge in [0.25, 0.3) is 0 Å². The van der Waals surface area contributed by atoms with Gasteiger partial charge in [-0.3, -0.25) is 4.79 Å². The Balaban J connectivity index is 2.28. The van der Waals surface area contributed by atoms with Crippen LogP contribution in [0.25, 0.3) is 0 Å². The predicted octanol–water partition coefficient (Wildman–Crippen LogP) is 2.16. The van der Waals surface area contributed by atoms with Gasteiger partial charge in [0.2, 0.25) is 5.91 Å². The number of amides is 1. The number of nitrogens with zero attached hydrogens (tertiary/aromatic N) is 1. The van der Waals surface area contributed by atoms with E-state index in [1.165, 1.54) is 0 Å². The summed E-state index contributed by atoms with van der Waals surface area (Å²) in [5.41, 5.74) is 1.15. The van der Waals surface area contributed by atoms with Crippen molar-refractivity contribution in [3.8, 4) is 5.75 Å². The summed E-state index contributed by atoms with van der Waals surface area (Å²) in [6.45, 7) is 6.92. The molecule has 0 aliphatic heterocycles. The van der Waals surface area contributed by atoms with Crippen LogP contribution < -0.4 is 4.74 Å². The van der Waals surface area contributed by atoms with E-state index in [4.69, 9.17) is 9.84 Å². The van der Waals surface area contributed by atoms with Crippen LogP contribution in [0.3, 0.4) is 0 Å². The van der Waals surface area contributed by atoms with E-state index in [9.17, 15) is 4.79 Å². The molecule has 0 aliphatic rings. The Morgan fingerprint density at radius 2 is 2.30 bits per heavy atom. The molecule has 0 saturated carbocycles. The van der Waals surface area contributed by atoms with Crippen LogP contribution in [-0.2, 0) is 4.79 Å². The van der Waals surface area contributed by atoms with Gasteiger partial charge in [-0.05, 0) is 31.0 Å². The molecule has 1 aromatic rings. The second-order valence-corrected chi connectivity index (χ2v) is 4.62.